The molecule has 0 aromatic heterocycles. The molecule has 7 N–H and O–H groups in total. The Balaban J connectivity index is 2.89. The molecule has 0 amide bonds. The number of halogens is 2. The van der Waals surface area contributed by atoms with Crippen LogP contribution in [0.5, 0.6) is 0 Å². The van der Waals surface area contributed by atoms with E-state index in [-0.39, 0.29) is 0 Å². The van der Waals surface area contributed by atoms with Crippen molar-refractivity contribution < 1.29 is 43.8 Å². The number of nitrogens with two attached hydrogens (primary N) is 1. The third-order valence-electron chi connectivity index (χ3n) is 3.12. The highest BCUT2D eigenvalue weighted by Crippen LogP contribution is 2.34. The number of ether oxygens (including phenoxy) is 1. The first-order valence-corrected chi connectivity index (χ1v) is 5.78. The topological polar surface area (TPSA) is 153 Å². The lowest BCUT2D eigenvalue weighted by atomic mass is 9.89. The fourth-order valence-corrected chi connectivity index (χ4v) is 1.95. The molecule has 0 spiro atoms. The van der Waals surface area contributed by atoms with Gasteiger partial charge in [0, 0.05) is 6.42 Å². The maximum absolute atomic E-state index is 13.9. The van der Waals surface area contributed by atoms with Gasteiger partial charge < -0.3 is 36.0 Å². The normalized spacial score (nSPS) is 36.6. The molecule has 1 aliphatic heterocycles. The number of carboxylic acid groups (broad SMARTS) is 1. The lowest BCUT2D eigenvalue weighted by Gasteiger charge is -2.43. The summed E-state index contributed by atoms with van der Waals surface area (Å²) in [6.45, 7) is -0.859. The van der Waals surface area contributed by atoms with Crippen molar-refractivity contribution in [3.63, 3.8) is 0 Å². The molecule has 20 heavy (non-hydrogen) atoms. The highest BCUT2D eigenvalue weighted by atomic mass is 19.3. The molecule has 0 aromatic carbocycles. The van der Waals surface area contributed by atoms with E-state index in [9.17, 15) is 28.9 Å². The highest BCUT2D eigenvalue weighted by Gasteiger charge is 2.55. The molecule has 0 radical (unpaired) electrons. The smallest absolute Gasteiger partial charge is 0.320 e. The molecule has 1 rings (SSSR count). The molecule has 1 saturated heterocycles. The van der Waals surface area contributed by atoms with E-state index in [2.05, 4.69) is 4.74 Å². The van der Waals surface area contributed by atoms with E-state index in [1.807, 2.05) is 0 Å². The first-order chi connectivity index (χ1) is 9.11. The number of aliphatic carboxylic acids is 1. The maximum atomic E-state index is 13.9. The van der Waals surface area contributed by atoms with Crippen LogP contribution in [0, 0.1) is 0 Å². The van der Waals surface area contributed by atoms with Gasteiger partial charge in [0.15, 0.2) is 0 Å². The van der Waals surface area contributed by atoms with Gasteiger partial charge in [0.2, 0.25) is 0 Å². The van der Waals surface area contributed by atoms with Gasteiger partial charge in [-0.2, -0.15) is 0 Å². The Labute approximate surface area is 112 Å². The Morgan fingerprint density at radius 3 is 2.25 bits per heavy atom. The van der Waals surface area contributed by atoms with Crippen molar-refractivity contribution >= 4 is 5.97 Å². The molecule has 8 nitrogen and oxygen atoms in total. The molecule has 10 heteroatoms. The van der Waals surface area contributed by atoms with Crippen LogP contribution in [-0.2, 0) is 9.53 Å². The second-order valence-electron chi connectivity index (χ2n) is 4.66. The molecule has 1 aliphatic rings. The van der Waals surface area contributed by atoms with Crippen LogP contribution >= 0.6 is 0 Å². The van der Waals surface area contributed by atoms with Gasteiger partial charge in [0.25, 0.3) is 5.92 Å². The second kappa shape index (κ2) is 6.24. The monoisotopic (exact) mass is 301 g/mol. The number of hydrogen-bond donors (Lipinski definition) is 6. The first kappa shape index (κ1) is 17.1. The maximum Gasteiger partial charge on any atom is 0.320 e. The van der Waals surface area contributed by atoms with Crippen LogP contribution < -0.4 is 5.73 Å². The number of rotatable bonds is 5. The van der Waals surface area contributed by atoms with Gasteiger partial charge >= 0.3 is 5.97 Å². The Kier molecular flexibility index (Phi) is 5.35. The molecular weight excluding hydrogens is 284 g/mol. The standard InChI is InChI=1S/C10H17F2NO7/c11-10(12,1-3(13)9(18)19)8-7(17)6(16)5(15)4(2-14)20-8/h3-8,14-17H,1-2,13H2,(H,18,19)/t3?,4-,5+,6+,7-,8?/m1/s1. The summed E-state index contributed by atoms with van der Waals surface area (Å²) in [4.78, 5) is 10.5. The van der Waals surface area contributed by atoms with E-state index in [0.717, 1.165) is 0 Å². The zero-order chi connectivity index (χ0) is 15.7. The summed E-state index contributed by atoms with van der Waals surface area (Å²) in [5.41, 5.74) is 5.01. The van der Waals surface area contributed by atoms with E-state index in [1.54, 1.807) is 0 Å². The SMILES string of the molecule is NC(CC(F)(F)C1O[C@H](CO)[C@H](O)[C@H](O)[C@H]1O)C(=O)O. The minimum atomic E-state index is -3.87. The van der Waals surface area contributed by atoms with Crippen LogP contribution in [0.25, 0.3) is 0 Å². The summed E-state index contributed by atoms with van der Waals surface area (Å²) < 4.78 is 32.4. The van der Waals surface area contributed by atoms with E-state index in [4.69, 9.17) is 15.9 Å². The average molecular weight is 301 g/mol. The number of carbonyl (C=O) groups is 1. The summed E-state index contributed by atoms with van der Waals surface area (Å²) in [7, 11) is 0. The molecule has 1 heterocycles. The van der Waals surface area contributed by atoms with Crippen molar-refractivity contribution in [1.82, 2.24) is 0 Å². The van der Waals surface area contributed by atoms with Gasteiger partial charge in [-0.05, 0) is 0 Å². The van der Waals surface area contributed by atoms with Crippen molar-refractivity contribution in [1.29, 1.82) is 0 Å². The number of aliphatic hydroxyl groups excluding tert-OH is 4. The zero-order valence-electron chi connectivity index (χ0n) is 10.3. The van der Waals surface area contributed by atoms with Crippen molar-refractivity contribution in [2.45, 2.75) is 48.9 Å². The fourth-order valence-electron chi connectivity index (χ4n) is 1.95. The van der Waals surface area contributed by atoms with Crippen LogP contribution in [0.3, 0.4) is 0 Å². The summed E-state index contributed by atoms with van der Waals surface area (Å²) in [6, 6.07) is -1.89. The highest BCUT2D eigenvalue weighted by molar-refractivity contribution is 5.73. The molecule has 1 fully saturated rings. The lowest BCUT2D eigenvalue weighted by Crippen LogP contribution is -2.63. The van der Waals surface area contributed by atoms with Crippen LogP contribution in [-0.4, -0.2) is 80.6 Å². The van der Waals surface area contributed by atoms with Crippen molar-refractivity contribution in [3.05, 3.63) is 0 Å². The van der Waals surface area contributed by atoms with E-state index in [1.165, 1.54) is 0 Å². The summed E-state index contributed by atoms with van der Waals surface area (Å²) in [5.74, 6) is -5.53. The Hall–Kier alpha value is -0.910. The van der Waals surface area contributed by atoms with Crippen molar-refractivity contribution in [3.8, 4) is 0 Å². The molecule has 118 valence electrons. The van der Waals surface area contributed by atoms with Gasteiger partial charge in [-0.1, -0.05) is 0 Å². The van der Waals surface area contributed by atoms with Crippen molar-refractivity contribution in [2.24, 2.45) is 5.73 Å². The molecule has 0 saturated carbocycles. The van der Waals surface area contributed by atoms with E-state index in [0.29, 0.717) is 0 Å². The third-order valence-corrected chi connectivity index (χ3v) is 3.12. The lowest BCUT2D eigenvalue weighted by molar-refractivity contribution is -0.282. The Morgan fingerprint density at radius 1 is 1.25 bits per heavy atom. The van der Waals surface area contributed by atoms with Gasteiger partial charge in [-0.3, -0.25) is 4.79 Å². The number of hydrogen-bond acceptors (Lipinski definition) is 7. The molecule has 0 bridgehead atoms. The van der Waals surface area contributed by atoms with Gasteiger partial charge in [-0.25, -0.2) is 8.78 Å². The molecule has 2 unspecified atom stereocenters. The Bertz CT molecular complexity index is 354. The minimum Gasteiger partial charge on any atom is -0.480 e. The van der Waals surface area contributed by atoms with Crippen molar-refractivity contribution in [2.75, 3.05) is 6.61 Å². The number of carboxylic acids is 1. The van der Waals surface area contributed by atoms with Gasteiger partial charge in [-0.15, -0.1) is 0 Å². The summed E-state index contributed by atoms with van der Waals surface area (Å²) >= 11 is 0. The van der Waals surface area contributed by atoms with Crippen LogP contribution in [0.2, 0.25) is 0 Å². The minimum absolute atomic E-state index is 0.859. The second-order valence-corrected chi connectivity index (χ2v) is 4.66. The predicted octanol–water partition coefficient (Wildman–Crippen LogP) is -2.73. The van der Waals surface area contributed by atoms with E-state index >= 15 is 0 Å². The van der Waals surface area contributed by atoms with Crippen LogP contribution in [0.1, 0.15) is 6.42 Å². The molecule has 0 aromatic rings. The van der Waals surface area contributed by atoms with Gasteiger partial charge in [0.1, 0.15) is 36.6 Å². The largest absolute Gasteiger partial charge is 0.480 e. The Morgan fingerprint density at radius 2 is 1.80 bits per heavy atom. The fraction of sp³-hybridized carbons (Fsp3) is 0.900. The van der Waals surface area contributed by atoms with Crippen LogP contribution in [0.4, 0.5) is 8.78 Å². The predicted molar refractivity (Wildman–Crippen MR) is 58.9 cm³/mol. The number of aliphatic hydroxyl groups is 4. The summed E-state index contributed by atoms with van der Waals surface area (Å²) in [5, 5.41) is 45.8. The summed E-state index contributed by atoms with van der Waals surface area (Å²) in [6.07, 6.45) is -11.0. The first-order valence-electron chi connectivity index (χ1n) is 5.78. The number of alkyl halides is 2. The van der Waals surface area contributed by atoms with Gasteiger partial charge in [0.05, 0.1) is 6.61 Å². The quantitative estimate of drug-likeness (QED) is 0.320. The average Bonchev–Trinajstić information content (AvgIpc) is 2.35. The van der Waals surface area contributed by atoms with E-state index < -0.39 is 61.5 Å². The zero-order valence-corrected chi connectivity index (χ0v) is 10.3. The third kappa shape index (κ3) is 3.40. The molecular formula is C10H17F2NO7. The molecule has 0 aliphatic carbocycles. The van der Waals surface area contributed by atoms with Crippen LogP contribution in [0.15, 0.2) is 0 Å². The molecule has 6 atom stereocenters.